The van der Waals surface area contributed by atoms with Crippen molar-refractivity contribution >= 4 is 11.2 Å². The van der Waals surface area contributed by atoms with Crippen LogP contribution < -0.4 is 9.47 Å². The lowest BCUT2D eigenvalue weighted by Crippen LogP contribution is -2.05. The number of fused-ring (bicyclic) bond motifs is 1. The maximum Gasteiger partial charge on any atom is 0.416 e. The number of rotatable bonds is 6. The van der Waals surface area contributed by atoms with E-state index in [0.717, 1.165) is 23.9 Å². The maximum absolute atomic E-state index is 12.8. The molecule has 0 unspecified atom stereocenters. The third-order valence-electron chi connectivity index (χ3n) is 4.05. The second kappa shape index (κ2) is 8.27. The van der Waals surface area contributed by atoms with Crippen molar-refractivity contribution < 1.29 is 22.6 Å². The SMILES string of the molecule is FC(F)(F)c1ccnc(Oc2cccc(CCOc3ncnc4nccnc34)c2)c1. The number of halogens is 3. The summed E-state index contributed by atoms with van der Waals surface area (Å²) in [7, 11) is 0. The average Bonchev–Trinajstić information content (AvgIpc) is 2.74. The molecule has 4 aromatic rings. The minimum absolute atomic E-state index is 0.135. The molecule has 0 amide bonds. The molecule has 0 aliphatic rings. The first kappa shape index (κ1) is 19.5. The van der Waals surface area contributed by atoms with Gasteiger partial charge in [0.25, 0.3) is 0 Å². The number of pyridine rings is 1. The lowest BCUT2D eigenvalue weighted by atomic mass is 10.1. The normalized spacial score (nSPS) is 11.4. The van der Waals surface area contributed by atoms with E-state index in [1.807, 2.05) is 6.07 Å². The summed E-state index contributed by atoms with van der Waals surface area (Å²) in [5, 5.41) is 0. The minimum atomic E-state index is -4.46. The molecule has 152 valence electrons. The number of hydrogen-bond donors (Lipinski definition) is 0. The van der Waals surface area contributed by atoms with Gasteiger partial charge in [-0.25, -0.2) is 19.9 Å². The zero-order valence-corrected chi connectivity index (χ0v) is 15.4. The van der Waals surface area contributed by atoms with E-state index < -0.39 is 11.7 Å². The lowest BCUT2D eigenvalue weighted by Gasteiger charge is -2.10. The van der Waals surface area contributed by atoms with E-state index in [-0.39, 0.29) is 5.88 Å². The van der Waals surface area contributed by atoms with Crippen LogP contribution in [0.4, 0.5) is 13.2 Å². The van der Waals surface area contributed by atoms with Crippen molar-refractivity contribution in [1.29, 1.82) is 0 Å². The van der Waals surface area contributed by atoms with Gasteiger partial charge in [0.1, 0.15) is 12.1 Å². The molecule has 0 bridgehead atoms. The van der Waals surface area contributed by atoms with Crippen molar-refractivity contribution in [3.05, 3.63) is 72.4 Å². The summed E-state index contributed by atoms with van der Waals surface area (Å²) in [4.78, 5) is 20.2. The maximum atomic E-state index is 12.8. The fourth-order valence-electron chi connectivity index (χ4n) is 2.67. The molecule has 0 fully saturated rings. The second-order valence-electron chi connectivity index (χ2n) is 6.14. The summed E-state index contributed by atoms with van der Waals surface area (Å²) in [5.41, 5.74) is 0.945. The van der Waals surface area contributed by atoms with Crippen LogP contribution in [0, 0.1) is 0 Å². The van der Waals surface area contributed by atoms with Crippen molar-refractivity contribution in [3.8, 4) is 17.5 Å². The molecule has 1 aromatic carbocycles. The third kappa shape index (κ3) is 4.59. The van der Waals surface area contributed by atoms with E-state index in [9.17, 15) is 13.2 Å². The van der Waals surface area contributed by atoms with E-state index in [1.165, 1.54) is 18.7 Å². The number of aromatic nitrogens is 5. The molecule has 30 heavy (non-hydrogen) atoms. The van der Waals surface area contributed by atoms with Gasteiger partial charge in [-0.15, -0.1) is 0 Å². The molecule has 0 saturated carbocycles. The molecule has 10 heteroatoms. The number of nitrogens with zero attached hydrogens (tertiary/aromatic N) is 5. The van der Waals surface area contributed by atoms with Gasteiger partial charge in [0.2, 0.25) is 11.8 Å². The van der Waals surface area contributed by atoms with Gasteiger partial charge in [-0.2, -0.15) is 18.2 Å². The molecule has 3 aromatic heterocycles. The van der Waals surface area contributed by atoms with E-state index in [0.29, 0.717) is 35.8 Å². The van der Waals surface area contributed by atoms with E-state index in [2.05, 4.69) is 24.9 Å². The smallest absolute Gasteiger partial charge is 0.416 e. The van der Waals surface area contributed by atoms with Gasteiger partial charge in [-0.1, -0.05) is 12.1 Å². The minimum Gasteiger partial charge on any atom is -0.476 e. The Hall–Kier alpha value is -3.82. The highest BCUT2D eigenvalue weighted by Crippen LogP contribution is 2.31. The highest BCUT2D eigenvalue weighted by atomic mass is 19.4. The number of alkyl halides is 3. The molecule has 3 heterocycles. The number of hydrogen-bond acceptors (Lipinski definition) is 7. The van der Waals surface area contributed by atoms with Gasteiger partial charge in [0, 0.05) is 31.1 Å². The highest BCUT2D eigenvalue weighted by molar-refractivity contribution is 5.74. The highest BCUT2D eigenvalue weighted by Gasteiger charge is 2.31. The van der Waals surface area contributed by atoms with Crippen molar-refractivity contribution in [2.24, 2.45) is 0 Å². The first-order valence-electron chi connectivity index (χ1n) is 8.83. The topological polar surface area (TPSA) is 82.9 Å². The lowest BCUT2D eigenvalue weighted by molar-refractivity contribution is -0.137. The predicted molar refractivity (Wildman–Crippen MR) is 100 cm³/mol. The number of benzene rings is 1. The van der Waals surface area contributed by atoms with Crippen LogP contribution in [-0.2, 0) is 12.6 Å². The van der Waals surface area contributed by atoms with Crippen molar-refractivity contribution in [3.63, 3.8) is 0 Å². The summed E-state index contributed by atoms with van der Waals surface area (Å²) in [6, 6.07) is 8.69. The van der Waals surface area contributed by atoms with Crippen LogP contribution >= 0.6 is 0 Å². The molecule has 0 saturated heterocycles. The van der Waals surface area contributed by atoms with Gasteiger partial charge in [0.15, 0.2) is 11.2 Å². The molecule has 7 nitrogen and oxygen atoms in total. The Balaban J connectivity index is 1.41. The second-order valence-corrected chi connectivity index (χ2v) is 6.14. The van der Waals surface area contributed by atoms with Crippen molar-refractivity contribution in [2.75, 3.05) is 6.61 Å². The van der Waals surface area contributed by atoms with Gasteiger partial charge >= 0.3 is 6.18 Å². The van der Waals surface area contributed by atoms with E-state index >= 15 is 0 Å². The van der Waals surface area contributed by atoms with Crippen LogP contribution in [0.25, 0.3) is 11.2 Å². The van der Waals surface area contributed by atoms with Crippen LogP contribution in [0.3, 0.4) is 0 Å². The van der Waals surface area contributed by atoms with Crippen LogP contribution in [0.5, 0.6) is 17.5 Å². The summed E-state index contributed by atoms with van der Waals surface area (Å²) in [5.74, 6) is 0.565. The summed E-state index contributed by atoms with van der Waals surface area (Å²) in [6.07, 6.45) is 1.52. The Labute approximate surface area is 168 Å². The van der Waals surface area contributed by atoms with Gasteiger partial charge in [-0.3, -0.25) is 0 Å². The number of ether oxygens (including phenoxy) is 2. The molecular weight excluding hydrogens is 399 g/mol. The quantitative estimate of drug-likeness (QED) is 0.467. The molecule has 0 spiro atoms. The Morgan fingerprint density at radius 3 is 2.60 bits per heavy atom. The van der Waals surface area contributed by atoms with Crippen molar-refractivity contribution in [1.82, 2.24) is 24.9 Å². The monoisotopic (exact) mass is 413 g/mol. The first-order chi connectivity index (χ1) is 14.5. The zero-order chi connectivity index (χ0) is 21.0. The van der Waals surface area contributed by atoms with Crippen LogP contribution in [-0.4, -0.2) is 31.5 Å². The van der Waals surface area contributed by atoms with Crippen LogP contribution in [0.2, 0.25) is 0 Å². The Kier molecular flexibility index (Phi) is 5.38. The van der Waals surface area contributed by atoms with Gasteiger partial charge < -0.3 is 9.47 Å². The fourth-order valence-corrected chi connectivity index (χ4v) is 2.67. The molecule has 0 aliphatic heterocycles. The summed E-state index contributed by atoms with van der Waals surface area (Å²) >= 11 is 0. The standard InChI is InChI=1S/C20H14F3N5O2/c21-20(22,23)14-4-6-24-16(11-14)30-15-3-1-2-13(10-15)5-9-29-19-17-18(27-12-28-19)26-8-7-25-17/h1-4,6-8,10-12H,5,9H2. The van der Waals surface area contributed by atoms with Crippen LogP contribution in [0.1, 0.15) is 11.1 Å². The van der Waals surface area contributed by atoms with Gasteiger partial charge in [-0.05, 0) is 23.8 Å². The Morgan fingerprint density at radius 1 is 0.867 bits per heavy atom. The first-order valence-corrected chi connectivity index (χ1v) is 8.83. The van der Waals surface area contributed by atoms with Crippen LogP contribution in [0.15, 0.2) is 61.3 Å². The van der Waals surface area contributed by atoms with Gasteiger partial charge in [0.05, 0.1) is 12.2 Å². The fraction of sp³-hybridized carbons (Fsp3) is 0.150. The molecule has 4 rings (SSSR count). The largest absolute Gasteiger partial charge is 0.476 e. The molecule has 0 N–H and O–H groups in total. The average molecular weight is 413 g/mol. The molecule has 0 atom stereocenters. The Bertz CT molecular complexity index is 1160. The summed E-state index contributed by atoms with van der Waals surface area (Å²) < 4.78 is 49.7. The van der Waals surface area contributed by atoms with E-state index in [4.69, 9.17) is 9.47 Å². The zero-order valence-electron chi connectivity index (χ0n) is 15.4. The third-order valence-corrected chi connectivity index (χ3v) is 4.05. The summed E-state index contributed by atoms with van der Waals surface area (Å²) in [6.45, 7) is 0.300. The molecular formula is C20H14F3N5O2. The van der Waals surface area contributed by atoms with Crippen molar-refractivity contribution in [2.45, 2.75) is 12.6 Å². The molecule has 0 radical (unpaired) electrons. The predicted octanol–water partition coefficient (Wildman–Crippen LogP) is 4.25. The Morgan fingerprint density at radius 2 is 1.73 bits per heavy atom. The van der Waals surface area contributed by atoms with E-state index in [1.54, 1.807) is 18.2 Å². The molecule has 0 aliphatic carbocycles.